The van der Waals surface area contributed by atoms with Crippen molar-refractivity contribution in [3.63, 3.8) is 0 Å². The lowest BCUT2D eigenvalue weighted by molar-refractivity contribution is -0.150. The Labute approximate surface area is 162 Å². The summed E-state index contributed by atoms with van der Waals surface area (Å²) in [4.78, 5) is 37.2. The van der Waals surface area contributed by atoms with E-state index in [0.29, 0.717) is 10.6 Å². The Morgan fingerprint density at radius 3 is 2.30 bits per heavy atom. The van der Waals surface area contributed by atoms with E-state index in [9.17, 15) is 14.4 Å². The van der Waals surface area contributed by atoms with E-state index in [1.807, 2.05) is 32.0 Å². The number of hydrogen-bond acceptors (Lipinski definition) is 5. The maximum atomic E-state index is 12.4. The zero-order valence-corrected chi connectivity index (χ0v) is 16.7. The molecule has 27 heavy (non-hydrogen) atoms. The second-order valence-corrected chi connectivity index (χ2v) is 7.54. The number of hydrogen-bond donors (Lipinski definition) is 2. The molecule has 0 aliphatic rings. The summed E-state index contributed by atoms with van der Waals surface area (Å²) in [6.45, 7) is 6.98. The van der Waals surface area contributed by atoms with Crippen LogP contribution in [0.25, 0.3) is 0 Å². The van der Waals surface area contributed by atoms with Crippen molar-refractivity contribution in [1.82, 2.24) is 5.32 Å². The molecule has 0 aliphatic heterocycles. The third-order valence-corrected chi connectivity index (χ3v) is 4.91. The summed E-state index contributed by atoms with van der Waals surface area (Å²) in [5.41, 5.74) is 2.57. The molecule has 1 heterocycles. The lowest BCUT2D eigenvalue weighted by atomic mass is 10.0. The number of para-hydroxylation sites is 1. The van der Waals surface area contributed by atoms with Gasteiger partial charge in [0.1, 0.15) is 6.04 Å². The quantitative estimate of drug-likeness (QED) is 0.713. The van der Waals surface area contributed by atoms with Gasteiger partial charge in [-0.15, -0.1) is 11.3 Å². The van der Waals surface area contributed by atoms with E-state index in [1.54, 1.807) is 31.4 Å². The molecule has 7 heteroatoms. The van der Waals surface area contributed by atoms with Gasteiger partial charge in [-0.3, -0.25) is 9.59 Å². The van der Waals surface area contributed by atoms with Gasteiger partial charge >= 0.3 is 5.97 Å². The second-order valence-electron chi connectivity index (χ2n) is 6.60. The fraction of sp³-hybridized carbons (Fsp3) is 0.350. The molecule has 1 aromatic heterocycles. The minimum Gasteiger partial charge on any atom is -0.454 e. The van der Waals surface area contributed by atoms with Gasteiger partial charge in [-0.2, -0.15) is 0 Å². The molecule has 0 saturated heterocycles. The lowest BCUT2D eigenvalue weighted by Gasteiger charge is -2.20. The number of carbonyl (C=O) groups excluding carboxylic acids is 3. The highest BCUT2D eigenvalue weighted by Gasteiger charge is 2.27. The van der Waals surface area contributed by atoms with Gasteiger partial charge in [0.25, 0.3) is 11.8 Å². The summed E-state index contributed by atoms with van der Waals surface area (Å²) in [7, 11) is 0. The fourth-order valence-corrected chi connectivity index (χ4v) is 3.16. The first kappa shape index (κ1) is 20.6. The van der Waals surface area contributed by atoms with Crippen molar-refractivity contribution >= 4 is 34.8 Å². The van der Waals surface area contributed by atoms with Crippen LogP contribution in [0.4, 0.5) is 5.69 Å². The Hall–Kier alpha value is -2.67. The molecular weight excluding hydrogens is 364 g/mol. The van der Waals surface area contributed by atoms with Crippen LogP contribution < -0.4 is 10.6 Å². The van der Waals surface area contributed by atoms with E-state index in [0.717, 1.165) is 11.1 Å². The average molecular weight is 388 g/mol. The predicted octanol–water partition coefficient (Wildman–Crippen LogP) is 3.30. The number of esters is 1. The van der Waals surface area contributed by atoms with Gasteiger partial charge in [-0.25, -0.2) is 4.79 Å². The number of carbonyl (C=O) groups is 3. The van der Waals surface area contributed by atoms with Crippen molar-refractivity contribution in [3.8, 4) is 0 Å². The van der Waals surface area contributed by atoms with Crippen LogP contribution in [0, 0.1) is 19.8 Å². The monoisotopic (exact) mass is 388 g/mol. The van der Waals surface area contributed by atoms with E-state index >= 15 is 0 Å². The molecule has 2 N–H and O–H groups in total. The molecule has 6 nitrogen and oxygen atoms in total. The molecule has 0 spiro atoms. The Morgan fingerprint density at radius 2 is 1.74 bits per heavy atom. The molecule has 0 aliphatic carbocycles. The number of ether oxygens (including phenoxy) is 1. The molecule has 0 fully saturated rings. The number of aryl methyl sites for hydroxylation is 2. The molecule has 2 amide bonds. The number of benzene rings is 1. The highest BCUT2D eigenvalue weighted by atomic mass is 32.1. The summed E-state index contributed by atoms with van der Waals surface area (Å²) in [5.74, 6) is -1.57. The summed E-state index contributed by atoms with van der Waals surface area (Å²) in [5, 5.41) is 7.23. The molecule has 1 atom stereocenters. The molecule has 144 valence electrons. The van der Waals surface area contributed by atoms with Gasteiger partial charge < -0.3 is 15.4 Å². The highest BCUT2D eigenvalue weighted by molar-refractivity contribution is 7.12. The van der Waals surface area contributed by atoms with E-state index in [2.05, 4.69) is 10.6 Å². The molecule has 0 unspecified atom stereocenters. The lowest BCUT2D eigenvalue weighted by Crippen LogP contribution is -2.45. The molecule has 0 bridgehead atoms. The molecule has 0 radical (unpaired) electrons. The van der Waals surface area contributed by atoms with E-state index in [-0.39, 0.29) is 11.8 Å². The Bertz CT molecular complexity index is 795. The zero-order chi connectivity index (χ0) is 20.0. The molecule has 1 aromatic carbocycles. The molecule has 2 rings (SSSR count). The van der Waals surface area contributed by atoms with Gasteiger partial charge in [0.15, 0.2) is 6.61 Å². The van der Waals surface area contributed by atoms with Crippen LogP contribution >= 0.6 is 11.3 Å². The number of nitrogens with one attached hydrogen (secondary N) is 2. The number of rotatable bonds is 7. The van der Waals surface area contributed by atoms with Crippen LogP contribution in [0.15, 0.2) is 35.7 Å². The first-order valence-electron chi connectivity index (χ1n) is 8.66. The predicted molar refractivity (Wildman–Crippen MR) is 106 cm³/mol. The van der Waals surface area contributed by atoms with Gasteiger partial charge in [0, 0.05) is 5.69 Å². The van der Waals surface area contributed by atoms with Crippen LogP contribution in [0.2, 0.25) is 0 Å². The first-order valence-corrected chi connectivity index (χ1v) is 9.54. The Morgan fingerprint density at radius 1 is 1.07 bits per heavy atom. The average Bonchev–Trinajstić information content (AvgIpc) is 3.15. The molecular formula is C20H24N2O4S. The fourth-order valence-electron chi connectivity index (χ4n) is 2.53. The third-order valence-electron chi connectivity index (χ3n) is 4.04. The number of anilines is 1. The minimum atomic E-state index is -0.826. The minimum absolute atomic E-state index is 0.178. The summed E-state index contributed by atoms with van der Waals surface area (Å²) in [6.07, 6.45) is 0. The van der Waals surface area contributed by atoms with Crippen LogP contribution in [-0.2, 0) is 14.3 Å². The molecule has 0 saturated carbocycles. The van der Waals surface area contributed by atoms with E-state index in [1.165, 1.54) is 11.3 Å². The highest BCUT2D eigenvalue weighted by Crippen LogP contribution is 2.19. The third kappa shape index (κ3) is 5.65. The van der Waals surface area contributed by atoms with Gasteiger partial charge in [0.2, 0.25) is 0 Å². The summed E-state index contributed by atoms with van der Waals surface area (Å²) >= 11 is 1.29. The largest absolute Gasteiger partial charge is 0.454 e. The van der Waals surface area contributed by atoms with Gasteiger partial charge in [-0.1, -0.05) is 38.1 Å². The summed E-state index contributed by atoms with van der Waals surface area (Å²) in [6, 6.07) is 8.31. The Balaban J connectivity index is 1.93. The second kappa shape index (κ2) is 9.32. The van der Waals surface area contributed by atoms with Crippen molar-refractivity contribution in [1.29, 1.82) is 0 Å². The van der Waals surface area contributed by atoms with Crippen molar-refractivity contribution in [3.05, 3.63) is 51.7 Å². The molecule has 2 aromatic rings. The van der Waals surface area contributed by atoms with Crippen molar-refractivity contribution in [2.45, 2.75) is 33.7 Å². The maximum Gasteiger partial charge on any atom is 0.329 e. The van der Waals surface area contributed by atoms with Crippen LogP contribution in [-0.4, -0.2) is 30.4 Å². The van der Waals surface area contributed by atoms with E-state index < -0.39 is 24.5 Å². The van der Waals surface area contributed by atoms with Crippen molar-refractivity contribution in [2.24, 2.45) is 5.92 Å². The summed E-state index contributed by atoms with van der Waals surface area (Å²) < 4.78 is 5.14. The first-order chi connectivity index (χ1) is 12.8. The topological polar surface area (TPSA) is 84.5 Å². The van der Waals surface area contributed by atoms with Crippen LogP contribution in [0.1, 0.15) is 34.6 Å². The van der Waals surface area contributed by atoms with Gasteiger partial charge in [0.05, 0.1) is 4.88 Å². The number of amides is 2. The standard InChI is InChI=1S/C20H24N2O4S/c1-12(2)17(22-19(24)15-9-6-10-27-15)20(25)26-11-16(23)21-18-13(3)7-5-8-14(18)4/h5-10,12,17H,11H2,1-4H3,(H,21,23)(H,22,24)/t17-/m0/s1. The van der Waals surface area contributed by atoms with Gasteiger partial charge in [-0.05, 0) is 42.3 Å². The van der Waals surface area contributed by atoms with Crippen LogP contribution in [0.5, 0.6) is 0 Å². The number of thiophene rings is 1. The van der Waals surface area contributed by atoms with Crippen molar-refractivity contribution in [2.75, 3.05) is 11.9 Å². The zero-order valence-electron chi connectivity index (χ0n) is 15.9. The normalized spacial score (nSPS) is 11.7. The smallest absolute Gasteiger partial charge is 0.329 e. The Kier molecular flexibility index (Phi) is 7.12. The SMILES string of the molecule is Cc1cccc(C)c1NC(=O)COC(=O)[C@@H](NC(=O)c1cccs1)C(C)C. The van der Waals surface area contributed by atoms with Crippen molar-refractivity contribution < 1.29 is 19.1 Å². The maximum absolute atomic E-state index is 12.4. The van der Waals surface area contributed by atoms with E-state index in [4.69, 9.17) is 4.74 Å². The van der Waals surface area contributed by atoms with Crippen LogP contribution in [0.3, 0.4) is 0 Å².